The van der Waals surface area contributed by atoms with Gasteiger partial charge in [-0.25, -0.2) is 0 Å². The van der Waals surface area contributed by atoms with E-state index in [0.29, 0.717) is 25.3 Å². The van der Waals surface area contributed by atoms with Crippen LogP contribution in [0.2, 0.25) is 0 Å². The maximum atomic E-state index is 11.6. The van der Waals surface area contributed by atoms with Gasteiger partial charge < -0.3 is 15.2 Å². The van der Waals surface area contributed by atoms with E-state index in [1.165, 1.54) is 0 Å². The van der Waals surface area contributed by atoms with E-state index in [9.17, 15) is 4.79 Å². The van der Waals surface area contributed by atoms with Gasteiger partial charge >= 0.3 is 0 Å². The molecule has 0 heterocycles. The van der Waals surface area contributed by atoms with E-state index >= 15 is 0 Å². The molecule has 1 aromatic rings. The van der Waals surface area contributed by atoms with Crippen LogP contribution in [0.25, 0.3) is 0 Å². The number of nitrogens with one attached hydrogen (secondary N) is 1. The molecule has 0 spiro atoms. The third kappa shape index (κ3) is 4.74. The first-order valence-corrected chi connectivity index (χ1v) is 5.75. The molecule has 16 heavy (non-hydrogen) atoms. The molecular formula is C11H14BrNO3. The van der Waals surface area contributed by atoms with Gasteiger partial charge in [-0.2, -0.15) is 0 Å². The first kappa shape index (κ1) is 13.2. The number of aliphatic hydroxyl groups excluding tert-OH is 1. The molecule has 0 aliphatic heterocycles. The lowest BCUT2D eigenvalue weighted by Crippen LogP contribution is -2.27. The number of carbonyl (C=O) groups excluding carboxylic acids is 1. The van der Waals surface area contributed by atoms with Crippen LogP contribution in [0.1, 0.15) is 10.4 Å². The molecule has 0 unspecified atom stereocenters. The molecule has 0 aliphatic carbocycles. The van der Waals surface area contributed by atoms with Gasteiger partial charge in [-0.15, -0.1) is 0 Å². The lowest BCUT2D eigenvalue weighted by atomic mass is 10.2. The van der Waals surface area contributed by atoms with Gasteiger partial charge in [-0.3, -0.25) is 4.79 Å². The van der Waals surface area contributed by atoms with Crippen LogP contribution in [0.5, 0.6) is 0 Å². The van der Waals surface area contributed by atoms with Crippen molar-refractivity contribution in [1.29, 1.82) is 0 Å². The van der Waals surface area contributed by atoms with Crippen molar-refractivity contribution in [2.45, 2.75) is 0 Å². The van der Waals surface area contributed by atoms with Crippen molar-refractivity contribution in [3.8, 4) is 0 Å². The van der Waals surface area contributed by atoms with Crippen LogP contribution in [0.3, 0.4) is 0 Å². The summed E-state index contributed by atoms with van der Waals surface area (Å²) >= 11 is 3.30. The van der Waals surface area contributed by atoms with Crippen LogP contribution in [0.15, 0.2) is 28.7 Å². The molecular weight excluding hydrogens is 274 g/mol. The summed E-state index contributed by atoms with van der Waals surface area (Å²) in [6.45, 7) is 1.14. The van der Waals surface area contributed by atoms with E-state index in [1.54, 1.807) is 18.2 Å². The largest absolute Gasteiger partial charge is 0.394 e. The number of ether oxygens (including phenoxy) is 1. The predicted octanol–water partition coefficient (Wildman–Crippen LogP) is 1.19. The van der Waals surface area contributed by atoms with Crippen LogP contribution in [-0.2, 0) is 4.74 Å². The van der Waals surface area contributed by atoms with Crippen molar-refractivity contribution in [2.24, 2.45) is 0 Å². The Labute approximate surface area is 103 Å². The van der Waals surface area contributed by atoms with Gasteiger partial charge in [0, 0.05) is 16.6 Å². The summed E-state index contributed by atoms with van der Waals surface area (Å²) in [4.78, 5) is 11.6. The van der Waals surface area contributed by atoms with Gasteiger partial charge in [-0.05, 0) is 18.2 Å². The molecule has 0 atom stereocenters. The van der Waals surface area contributed by atoms with Gasteiger partial charge in [-0.1, -0.05) is 22.0 Å². The molecule has 1 rings (SSSR count). The number of amides is 1. The molecule has 0 saturated heterocycles. The molecule has 4 nitrogen and oxygen atoms in total. The Morgan fingerprint density at radius 1 is 1.44 bits per heavy atom. The van der Waals surface area contributed by atoms with Crippen LogP contribution < -0.4 is 5.32 Å². The smallest absolute Gasteiger partial charge is 0.251 e. The van der Waals surface area contributed by atoms with Crippen molar-refractivity contribution in [3.63, 3.8) is 0 Å². The summed E-state index contributed by atoms with van der Waals surface area (Å²) in [5.41, 5.74) is 0.608. The first-order valence-electron chi connectivity index (χ1n) is 4.96. The Bertz CT molecular complexity index is 344. The molecule has 2 N–H and O–H groups in total. The molecule has 1 amide bonds. The average Bonchev–Trinajstić information content (AvgIpc) is 2.28. The average molecular weight is 288 g/mol. The Morgan fingerprint density at radius 3 is 2.94 bits per heavy atom. The second kappa shape index (κ2) is 7.38. The van der Waals surface area contributed by atoms with Gasteiger partial charge in [0.1, 0.15) is 0 Å². The summed E-state index contributed by atoms with van der Waals surface area (Å²) in [6, 6.07) is 7.17. The van der Waals surface area contributed by atoms with Crippen molar-refractivity contribution < 1.29 is 14.6 Å². The number of hydrogen-bond acceptors (Lipinski definition) is 3. The lowest BCUT2D eigenvalue weighted by Gasteiger charge is -2.05. The number of carbonyl (C=O) groups is 1. The van der Waals surface area contributed by atoms with Gasteiger partial charge in [0.05, 0.1) is 19.8 Å². The second-order valence-corrected chi connectivity index (χ2v) is 4.02. The van der Waals surface area contributed by atoms with E-state index < -0.39 is 0 Å². The maximum absolute atomic E-state index is 11.6. The van der Waals surface area contributed by atoms with Crippen LogP contribution in [-0.4, -0.2) is 37.4 Å². The van der Waals surface area contributed by atoms with Gasteiger partial charge in [0.2, 0.25) is 0 Å². The van der Waals surface area contributed by atoms with E-state index in [1.807, 2.05) is 6.07 Å². The van der Waals surface area contributed by atoms with Crippen LogP contribution in [0.4, 0.5) is 0 Å². The Hall–Kier alpha value is -0.910. The van der Waals surface area contributed by atoms with Crippen LogP contribution in [0, 0.1) is 0 Å². The first-order chi connectivity index (χ1) is 7.74. The molecule has 0 aromatic heterocycles. The zero-order valence-electron chi connectivity index (χ0n) is 8.78. The highest BCUT2D eigenvalue weighted by atomic mass is 79.9. The number of hydrogen-bond donors (Lipinski definition) is 2. The third-order valence-corrected chi connectivity index (χ3v) is 2.35. The number of benzene rings is 1. The highest BCUT2D eigenvalue weighted by Gasteiger charge is 2.04. The van der Waals surface area contributed by atoms with Crippen LogP contribution >= 0.6 is 15.9 Å². The number of halogens is 1. The summed E-state index contributed by atoms with van der Waals surface area (Å²) in [7, 11) is 0. The van der Waals surface area contributed by atoms with Crippen molar-refractivity contribution in [2.75, 3.05) is 26.4 Å². The summed E-state index contributed by atoms with van der Waals surface area (Å²) in [6.07, 6.45) is 0. The minimum Gasteiger partial charge on any atom is -0.394 e. The monoisotopic (exact) mass is 287 g/mol. The summed E-state index contributed by atoms with van der Waals surface area (Å²) < 4.78 is 5.89. The number of rotatable bonds is 6. The maximum Gasteiger partial charge on any atom is 0.251 e. The minimum absolute atomic E-state index is 0.000418. The Kier molecular flexibility index (Phi) is 6.07. The van der Waals surface area contributed by atoms with E-state index in [2.05, 4.69) is 21.2 Å². The summed E-state index contributed by atoms with van der Waals surface area (Å²) in [5, 5.41) is 11.2. The molecule has 0 radical (unpaired) electrons. The fraction of sp³-hybridized carbons (Fsp3) is 0.364. The zero-order chi connectivity index (χ0) is 11.8. The minimum atomic E-state index is -0.131. The molecule has 0 saturated carbocycles. The van der Waals surface area contributed by atoms with Crippen molar-refractivity contribution >= 4 is 21.8 Å². The standard InChI is InChI=1S/C11H14BrNO3/c12-10-3-1-2-9(8-10)11(15)13-4-6-16-7-5-14/h1-3,8,14H,4-7H2,(H,13,15). The normalized spacial score (nSPS) is 10.1. The predicted molar refractivity (Wildman–Crippen MR) is 64.4 cm³/mol. The van der Waals surface area contributed by atoms with E-state index in [0.717, 1.165) is 4.47 Å². The molecule has 1 aromatic carbocycles. The molecule has 0 aliphatic rings. The quantitative estimate of drug-likeness (QED) is 0.773. The molecule has 0 bridgehead atoms. The third-order valence-electron chi connectivity index (χ3n) is 1.85. The lowest BCUT2D eigenvalue weighted by molar-refractivity contribution is 0.0838. The Morgan fingerprint density at radius 2 is 2.25 bits per heavy atom. The number of aliphatic hydroxyl groups is 1. The van der Waals surface area contributed by atoms with Gasteiger partial charge in [0.25, 0.3) is 5.91 Å². The second-order valence-electron chi connectivity index (χ2n) is 3.10. The molecule has 0 fully saturated rings. The van der Waals surface area contributed by atoms with Crippen molar-refractivity contribution in [1.82, 2.24) is 5.32 Å². The highest BCUT2D eigenvalue weighted by molar-refractivity contribution is 9.10. The van der Waals surface area contributed by atoms with Gasteiger partial charge in [0.15, 0.2) is 0 Å². The van der Waals surface area contributed by atoms with E-state index in [-0.39, 0.29) is 12.5 Å². The zero-order valence-corrected chi connectivity index (χ0v) is 10.4. The molecule has 88 valence electrons. The summed E-state index contributed by atoms with van der Waals surface area (Å²) in [5.74, 6) is -0.131. The SMILES string of the molecule is O=C(NCCOCCO)c1cccc(Br)c1. The van der Waals surface area contributed by atoms with Crippen molar-refractivity contribution in [3.05, 3.63) is 34.3 Å². The van der Waals surface area contributed by atoms with E-state index in [4.69, 9.17) is 9.84 Å². The fourth-order valence-electron chi connectivity index (χ4n) is 1.14. The Balaban J connectivity index is 2.30. The fourth-order valence-corrected chi connectivity index (χ4v) is 1.53. The topological polar surface area (TPSA) is 58.6 Å². The molecule has 5 heteroatoms. The highest BCUT2D eigenvalue weighted by Crippen LogP contribution is 2.11.